The van der Waals surface area contributed by atoms with Gasteiger partial charge < -0.3 is 10.1 Å². The van der Waals surface area contributed by atoms with Gasteiger partial charge in [0.15, 0.2) is 5.82 Å². The predicted octanol–water partition coefficient (Wildman–Crippen LogP) is 2.78. The van der Waals surface area contributed by atoms with Crippen molar-refractivity contribution in [3.8, 4) is 5.69 Å². The molecule has 5 nitrogen and oxygen atoms in total. The van der Waals surface area contributed by atoms with Gasteiger partial charge in [0.05, 0.1) is 5.60 Å². The first kappa shape index (κ1) is 14.0. The molecule has 1 fully saturated rings. The van der Waals surface area contributed by atoms with Crippen molar-refractivity contribution in [1.82, 2.24) is 14.8 Å². The highest BCUT2D eigenvalue weighted by atomic mass is 19.1. The summed E-state index contributed by atoms with van der Waals surface area (Å²) in [5.74, 6) is -0.322. The molecular weight excluding hydrogens is 271 g/mol. The maximum atomic E-state index is 14.2. The minimum absolute atomic E-state index is 0.130. The summed E-state index contributed by atoms with van der Waals surface area (Å²) >= 11 is 0. The van der Waals surface area contributed by atoms with Crippen molar-refractivity contribution >= 4 is 5.69 Å². The number of benzene rings is 1. The van der Waals surface area contributed by atoms with Crippen molar-refractivity contribution in [1.29, 1.82) is 0 Å². The van der Waals surface area contributed by atoms with E-state index in [1.807, 2.05) is 6.07 Å². The molecule has 1 aromatic carbocycles. The molecule has 1 aliphatic rings. The van der Waals surface area contributed by atoms with Gasteiger partial charge in [-0.3, -0.25) is 0 Å². The van der Waals surface area contributed by atoms with Gasteiger partial charge in [0.25, 0.3) is 0 Å². The lowest BCUT2D eigenvalue weighted by atomic mass is 9.94. The van der Waals surface area contributed by atoms with Crippen molar-refractivity contribution in [3.05, 3.63) is 36.7 Å². The van der Waals surface area contributed by atoms with Crippen LogP contribution in [0.25, 0.3) is 5.69 Å². The highest BCUT2D eigenvalue weighted by Crippen LogP contribution is 2.27. The summed E-state index contributed by atoms with van der Waals surface area (Å²) in [6.07, 6.45) is 4.69. The smallest absolute Gasteiger partial charge is 0.150 e. The minimum Gasteiger partial charge on any atom is -0.382 e. The van der Waals surface area contributed by atoms with Crippen LogP contribution in [0.4, 0.5) is 10.1 Å². The third-order valence-electron chi connectivity index (χ3n) is 3.68. The van der Waals surface area contributed by atoms with Gasteiger partial charge in [-0.25, -0.2) is 14.1 Å². The van der Waals surface area contributed by atoms with Gasteiger partial charge in [0.1, 0.15) is 18.3 Å². The highest BCUT2D eigenvalue weighted by Gasteiger charge is 2.28. The standard InChI is InChI=1S/C15H19FN4O/c1-15(2)8-12(5-6-21-15)19-11-3-4-14(13(16)7-11)20-10-17-9-18-20/h3-4,7,9-10,12,19H,5-6,8H2,1-2H3. The summed E-state index contributed by atoms with van der Waals surface area (Å²) < 4.78 is 21.3. The molecule has 0 bridgehead atoms. The van der Waals surface area contributed by atoms with Gasteiger partial charge in [-0.1, -0.05) is 0 Å². The number of halogens is 1. The Hall–Kier alpha value is -1.95. The molecule has 112 valence electrons. The average Bonchev–Trinajstić information content (AvgIpc) is 2.91. The summed E-state index contributed by atoms with van der Waals surface area (Å²) in [5, 5.41) is 7.32. The van der Waals surface area contributed by atoms with Crippen molar-refractivity contribution in [2.24, 2.45) is 0 Å². The monoisotopic (exact) mass is 290 g/mol. The molecule has 1 atom stereocenters. The van der Waals surface area contributed by atoms with E-state index < -0.39 is 0 Å². The Morgan fingerprint density at radius 1 is 1.43 bits per heavy atom. The molecule has 21 heavy (non-hydrogen) atoms. The van der Waals surface area contributed by atoms with Crippen LogP contribution in [0.3, 0.4) is 0 Å². The van der Waals surface area contributed by atoms with Crippen molar-refractivity contribution in [2.45, 2.75) is 38.3 Å². The zero-order valence-corrected chi connectivity index (χ0v) is 12.2. The predicted molar refractivity (Wildman–Crippen MR) is 78.0 cm³/mol. The summed E-state index contributed by atoms with van der Waals surface area (Å²) in [6, 6.07) is 5.36. The summed E-state index contributed by atoms with van der Waals surface area (Å²) in [5.41, 5.74) is 1.04. The molecule has 3 rings (SSSR count). The number of anilines is 1. The second kappa shape index (κ2) is 5.44. The largest absolute Gasteiger partial charge is 0.382 e. The van der Waals surface area contributed by atoms with Gasteiger partial charge >= 0.3 is 0 Å². The quantitative estimate of drug-likeness (QED) is 0.944. The molecule has 1 aliphatic heterocycles. The second-order valence-electron chi connectivity index (χ2n) is 5.95. The molecule has 0 amide bonds. The first-order valence-corrected chi connectivity index (χ1v) is 7.08. The normalized spacial score (nSPS) is 21.2. The molecule has 2 aromatic rings. The molecule has 0 saturated carbocycles. The Labute approximate surface area is 123 Å². The Morgan fingerprint density at radius 2 is 2.29 bits per heavy atom. The van der Waals surface area contributed by atoms with Crippen molar-refractivity contribution in [3.63, 3.8) is 0 Å². The van der Waals surface area contributed by atoms with E-state index >= 15 is 0 Å². The number of rotatable bonds is 3. The van der Waals surface area contributed by atoms with Gasteiger partial charge in [-0.2, -0.15) is 5.10 Å². The van der Waals surface area contributed by atoms with Crippen LogP contribution >= 0.6 is 0 Å². The molecule has 2 heterocycles. The van der Waals surface area contributed by atoms with E-state index in [4.69, 9.17) is 4.74 Å². The highest BCUT2D eigenvalue weighted by molar-refractivity contribution is 5.50. The zero-order chi connectivity index (χ0) is 14.9. The van der Waals surface area contributed by atoms with E-state index in [2.05, 4.69) is 29.2 Å². The summed E-state index contributed by atoms with van der Waals surface area (Å²) in [4.78, 5) is 3.83. The third-order valence-corrected chi connectivity index (χ3v) is 3.68. The fraction of sp³-hybridized carbons (Fsp3) is 0.467. The molecular formula is C15H19FN4O. The number of hydrogen-bond acceptors (Lipinski definition) is 4. The topological polar surface area (TPSA) is 52.0 Å². The van der Waals surface area contributed by atoms with Crippen LogP contribution in [-0.2, 0) is 4.74 Å². The van der Waals surface area contributed by atoms with Crippen LogP contribution < -0.4 is 5.32 Å². The first-order chi connectivity index (χ1) is 10.0. The summed E-state index contributed by atoms with van der Waals surface area (Å²) in [6.45, 7) is 4.88. The Kier molecular flexibility index (Phi) is 3.63. The molecule has 6 heteroatoms. The number of ether oxygens (including phenoxy) is 1. The fourth-order valence-corrected chi connectivity index (χ4v) is 2.71. The van der Waals surface area contributed by atoms with Crippen LogP contribution in [0.2, 0.25) is 0 Å². The SMILES string of the molecule is CC1(C)CC(Nc2ccc(-n3cncn3)c(F)c2)CCO1. The lowest BCUT2D eigenvalue weighted by Gasteiger charge is -2.36. The van der Waals surface area contributed by atoms with E-state index in [-0.39, 0.29) is 11.4 Å². The Balaban J connectivity index is 1.74. The molecule has 1 aromatic heterocycles. The van der Waals surface area contributed by atoms with Crippen LogP contribution in [0.15, 0.2) is 30.9 Å². The lowest BCUT2D eigenvalue weighted by molar-refractivity contribution is -0.0553. The van der Waals surface area contributed by atoms with E-state index in [0.29, 0.717) is 11.7 Å². The molecule has 1 unspecified atom stereocenters. The van der Waals surface area contributed by atoms with E-state index in [0.717, 1.165) is 25.1 Å². The van der Waals surface area contributed by atoms with Gasteiger partial charge in [0.2, 0.25) is 0 Å². The summed E-state index contributed by atoms with van der Waals surface area (Å²) in [7, 11) is 0. The third kappa shape index (κ3) is 3.21. The fourth-order valence-electron chi connectivity index (χ4n) is 2.71. The van der Waals surface area contributed by atoms with E-state index in [1.165, 1.54) is 23.4 Å². The van der Waals surface area contributed by atoms with Crippen LogP contribution in [0, 0.1) is 5.82 Å². The maximum absolute atomic E-state index is 14.2. The molecule has 0 aliphatic carbocycles. The lowest BCUT2D eigenvalue weighted by Crippen LogP contribution is -2.40. The van der Waals surface area contributed by atoms with Crippen LogP contribution in [0.5, 0.6) is 0 Å². The van der Waals surface area contributed by atoms with E-state index in [1.54, 1.807) is 6.07 Å². The number of nitrogens with zero attached hydrogens (tertiary/aromatic N) is 3. The number of aromatic nitrogens is 3. The number of hydrogen-bond donors (Lipinski definition) is 1. The van der Waals surface area contributed by atoms with Gasteiger partial charge in [0, 0.05) is 18.3 Å². The molecule has 0 spiro atoms. The molecule has 1 N–H and O–H groups in total. The minimum atomic E-state index is -0.322. The Bertz CT molecular complexity index is 612. The van der Waals surface area contributed by atoms with Crippen molar-refractivity contribution < 1.29 is 9.13 Å². The Morgan fingerprint density at radius 3 is 2.95 bits per heavy atom. The maximum Gasteiger partial charge on any atom is 0.150 e. The molecule has 0 radical (unpaired) electrons. The number of nitrogens with one attached hydrogen (secondary N) is 1. The average molecular weight is 290 g/mol. The zero-order valence-electron chi connectivity index (χ0n) is 12.2. The van der Waals surface area contributed by atoms with Crippen LogP contribution in [-0.4, -0.2) is 33.0 Å². The first-order valence-electron chi connectivity index (χ1n) is 7.08. The second-order valence-corrected chi connectivity index (χ2v) is 5.95. The molecule has 1 saturated heterocycles. The van der Waals surface area contributed by atoms with Crippen LogP contribution in [0.1, 0.15) is 26.7 Å². The van der Waals surface area contributed by atoms with Crippen molar-refractivity contribution in [2.75, 3.05) is 11.9 Å². The van der Waals surface area contributed by atoms with E-state index in [9.17, 15) is 4.39 Å². The van der Waals surface area contributed by atoms with Gasteiger partial charge in [-0.05, 0) is 44.9 Å². The van der Waals surface area contributed by atoms with Gasteiger partial charge in [-0.15, -0.1) is 0 Å².